The van der Waals surface area contributed by atoms with Gasteiger partial charge in [-0.05, 0) is 73.7 Å². The highest BCUT2D eigenvalue weighted by Crippen LogP contribution is 2.42. The van der Waals surface area contributed by atoms with E-state index in [9.17, 15) is 9.59 Å². The van der Waals surface area contributed by atoms with Crippen LogP contribution in [0.25, 0.3) is 0 Å². The Morgan fingerprint density at radius 3 is 2.32 bits per heavy atom. The summed E-state index contributed by atoms with van der Waals surface area (Å²) in [7, 11) is 1.66. The van der Waals surface area contributed by atoms with Crippen molar-refractivity contribution in [1.29, 1.82) is 0 Å². The number of rotatable bonds is 10. The lowest BCUT2D eigenvalue weighted by atomic mass is 9.77. The van der Waals surface area contributed by atoms with Crippen molar-refractivity contribution in [2.24, 2.45) is 5.41 Å². The van der Waals surface area contributed by atoms with Crippen LogP contribution in [-0.4, -0.2) is 59.9 Å². The Balaban J connectivity index is 0.00000231. The zero-order chi connectivity index (χ0) is 27.1. The number of methoxy groups -OCH3 is 1. The van der Waals surface area contributed by atoms with Gasteiger partial charge in [-0.2, -0.15) is 0 Å². The second kappa shape index (κ2) is 15.2. The van der Waals surface area contributed by atoms with Gasteiger partial charge >= 0.3 is 0 Å². The molecule has 1 aromatic heterocycles. The number of likely N-dealkylation sites (tertiary alicyclic amines) is 2. The van der Waals surface area contributed by atoms with Crippen LogP contribution in [0.15, 0.2) is 79.1 Å². The molecule has 41 heavy (non-hydrogen) atoms. The van der Waals surface area contributed by atoms with Gasteiger partial charge in [-0.3, -0.25) is 14.6 Å². The maximum atomic E-state index is 13.5. The van der Waals surface area contributed by atoms with Crippen LogP contribution in [-0.2, 0) is 22.6 Å². The van der Waals surface area contributed by atoms with Gasteiger partial charge in [-0.1, -0.05) is 48.5 Å². The lowest BCUT2D eigenvalue weighted by Crippen LogP contribution is -2.45. The molecule has 220 valence electrons. The summed E-state index contributed by atoms with van der Waals surface area (Å²) < 4.78 is 5.25. The van der Waals surface area contributed by atoms with Gasteiger partial charge in [-0.15, -0.1) is 24.8 Å². The second-order valence-corrected chi connectivity index (χ2v) is 10.8. The van der Waals surface area contributed by atoms with Crippen LogP contribution in [0.4, 0.5) is 0 Å². The fourth-order valence-corrected chi connectivity index (χ4v) is 5.92. The van der Waals surface area contributed by atoms with E-state index in [2.05, 4.69) is 27.3 Å². The number of pyridine rings is 1. The first-order chi connectivity index (χ1) is 19.0. The summed E-state index contributed by atoms with van der Waals surface area (Å²) in [6.07, 6.45) is 7.33. The summed E-state index contributed by atoms with van der Waals surface area (Å²) >= 11 is 0. The number of aromatic nitrogens is 1. The van der Waals surface area contributed by atoms with Gasteiger partial charge in [0, 0.05) is 32.0 Å². The number of nitrogens with one attached hydrogen (secondary N) is 1. The quantitative estimate of drug-likeness (QED) is 0.345. The predicted molar refractivity (Wildman–Crippen MR) is 166 cm³/mol. The van der Waals surface area contributed by atoms with E-state index in [0.717, 1.165) is 74.3 Å². The van der Waals surface area contributed by atoms with Crippen molar-refractivity contribution in [1.82, 2.24) is 20.1 Å². The van der Waals surface area contributed by atoms with Crippen LogP contribution in [0, 0.1) is 5.41 Å². The van der Waals surface area contributed by atoms with Gasteiger partial charge in [-0.25, -0.2) is 0 Å². The molecule has 9 heteroatoms. The molecule has 7 nitrogen and oxygen atoms in total. The van der Waals surface area contributed by atoms with E-state index in [-0.39, 0.29) is 42.2 Å². The number of benzene rings is 2. The Bertz CT molecular complexity index is 1240. The number of hydrogen-bond acceptors (Lipinski definition) is 5. The molecule has 2 aliphatic rings. The Morgan fingerprint density at radius 1 is 0.951 bits per heavy atom. The molecule has 2 fully saturated rings. The van der Waals surface area contributed by atoms with E-state index >= 15 is 0 Å². The zero-order valence-corrected chi connectivity index (χ0v) is 25.2. The first-order valence-corrected chi connectivity index (χ1v) is 13.9. The first kappa shape index (κ1) is 32.4. The van der Waals surface area contributed by atoms with E-state index in [4.69, 9.17) is 4.74 Å². The van der Waals surface area contributed by atoms with Gasteiger partial charge in [0.05, 0.1) is 25.0 Å². The van der Waals surface area contributed by atoms with Crippen molar-refractivity contribution < 1.29 is 14.3 Å². The summed E-state index contributed by atoms with van der Waals surface area (Å²) in [5, 5.41) is 3.25. The van der Waals surface area contributed by atoms with Gasteiger partial charge in [0.1, 0.15) is 5.75 Å². The van der Waals surface area contributed by atoms with Gasteiger partial charge < -0.3 is 19.9 Å². The van der Waals surface area contributed by atoms with E-state index in [0.29, 0.717) is 18.9 Å². The van der Waals surface area contributed by atoms with Crippen molar-refractivity contribution >= 4 is 36.6 Å². The third-order valence-corrected chi connectivity index (χ3v) is 8.31. The SMILES string of the molecule is COc1ccc(CN2CCC3(CCN(CCC(NC(=O)Cc4cccnc4)c4ccccc4)CC3)C2=O)cc1.Cl.Cl. The number of halogens is 2. The average Bonchev–Trinajstić information content (AvgIpc) is 3.27. The zero-order valence-electron chi connectivity index (χ0n) is 23.5. The number of nitrogens with zero attached hydrogens (tertiary/aromatic N) is 3. The smallest absolute Gasteiger partial charge is 0.229 e. The highest BCUT2D eigenvalue weighted by molar-refractivity contribution is 5.86. The second-order valence-electron chi connectivity index (χ2n) is 10.8. The van der Waals surface area contributed by atoms with E-state index in [1.165, 1.54) is 0 Å². The van der Waals surface area contributed by atoms with Crippen LogP contribution < -0.4 is 10.1 Å². The Labute approximate surface area is 255 Å². The number of carbonyl (C=O) groups excluding carboxylic acids is 2. The largest absolute Gasteiger partial charge is 0.497 e. The summed E-state index contributed by atoms with van der Waals surface area (Å²) in [4.78, 5) is 34.9. The number of hydrogen-bond donors (Lipinski definition) is 1. The number of amides is 2. The molecule has 2 amide bonds. The maximum Gasteiger partial charge on any atom is 0.229 e. The van der Waals surface area contributed by atoms with Crippen molar-refractivity contribution in [3.05, 3.63) is 95.8 Å². The predicted octanol–water partition coefficient (Wildman–Crippen LogP) is 5.24. The Kier molecular flexibility index (Phi) is 12.0. The van der Waals surface area contributed by atoms with Crippen LogP contribution in [0.5, 0.6) is 5.75 Å². The van der Waals surface area contributed by atoms with Gasteiger partial charge in [0.15, 0.2) is 0 Å². The molecule has 1 atom stereocenters. The standard InChI is InChI=1S/C32H38N4O3.2ClH/c1-39-28-11-9-25(10-12-28)24-36-21-16-32(31(36)38)14-19-35(20-15-32)18-13-29(27-7-3-2-4-8-27)34-30(37)22-26-6-5-17-33-23-26;;/h2-12,17,23,29H,13-16,18-22,24H2,1H3,(H,34,37);2*1H. The molecule has 3 aromatic rings. The van der Waals surface area contributed by atoms with Crippen molar-refractivity contribution in [3.8, 4) is 5.75 Å². The maximum absolute atomic E-state index is 13.5. The monoisotopic (exact) mass is 598 g/mol. The molecule has 1 unspecified atom stereocenters. The highest BCUT2D eigenvalue weighted by Gasteiger charge is 2.47. The van der Waals surface area contributed by atoms with E-state index in [1.807, 2.05) is 59.5 Å². The van der Waals surface area contributed by atoms with Gasteiger partial charge in [0.25, 0.3) is 0 Å². The third-order valence-electron chi connectivity index (χ3n) is 8.31. The fourth-order valence-electron chi connectivity index (χ4n) is 5.92. The van der Waals surface area contributed by atoms with E-state index in [1.54, 1.807) is 19.5 Å². The number of ether oxygens (including phenoxy) is 1. The summed E-state index contributed by atoms with van der Waals surface area (Å²) in [5.74, 6) is 1.14. The topological polar surface area (TPSA) is 74.8 Å². The van der Waals surface area contributed by atoms with E-state index < -0.39 is 0 Å². The average molecular weight is 600 g/mol. The van der Waals surface area contributed by atoms with Crippen molar-refractivity contribution in [2.45, 2.75) is 44.7 Å². The van der Waals surface area contributed by atoms with Crippen LogP contribution in [0.1, 0.15) is 48.4 Å². The van der Waals surface area contributed by atoms with Crippen molar-refractivity contribution in [2.75, 3.05) is 33.3 Å². The number of carbonyl (C=O) groups is 2. The van der Waals surface area contributed by atoms with Crippen LogP contribution >= 0.6 is 24.8 Å². The van der Waals surface area contributed by atoms with Crippen LogP contribution in [0.3, 0.4) is 0 Å². The molecule has 1 spiro atoms. The summed E-state index contributed by atoms with van der Waals surface area (Å²) in [5.41, 5.74) is 2.94. The number of piperidine rings is 1. The molecule has 3 heterocycles. The molecular formula is C32H40Cl2N4O3. The molecule has 0 saturated carbocycles. The molecule has 0 radical (unpaired) electrons. The Hall–Kier alpha value is -3.13. The van der Waals surface area contributed by atoms with Crippen molar-refractivity contribution in [3.63, 3.8) is 0 Å². The molecule has 2 aromatic carbocycles. The molecule has 2 saturated heterocycles. The minimum atomic E-state index is -0.222. The third kappa shape index (κ3) is 8.22. The Morgan fingerprint density at radius 2 is 1.66 bits per heavy atom. The first-order valence-electron chi connectivity index (χ1n) is 13.9. The fraction of sp³-hybridized carbons (Fsp3) is 0.406. The minimum Gasteiger partial charge on any atom is -0.497 e. The molecule has 0 aliphatic carbocycles. The minimum absolute atomic E-state index is 0. The summed E-state index contributed by atoms with van der Waals surface area (Å²) in [6.45, 7) is 4.18. The lowest BCUT2D eigenvalue weighted by molar-refractivity contribution is -0.139. The molecule has 2 aliphatic heterocycles. The highest BCUT2D eigenvalue weighted by atomic mass is 35.5. The lowest BCUT2D eigenvalue weighted by Gasteiger charge is -2.38. The normalized spacial score (nSPS) is 16.9. The van der Waals surface area contributed by atoms with Crippen LogP contribution in [0.2, 0.25) is 0 Å². The molecule has 1 N–H and O–H groups in total. The van der Waals surface area contributed by atoms with Gasteiger partial charge in [0.2, 0.25) is 11.8 Å². The summed E-state index contributed by atoms with van der Waals surface area (Å²) in [6, 6.07) is 21.9. The molecule has 5 rings (SSSR count). The molecular weight excluding hydrogens is 559 g/mol. The molecule has 0 bridgehead atoms.